The number of carbonyl (C=O) groups is 1. The largest absolute Gasteiger partial charge is 0.497 e. The molecule has 3 atom stereocenters. The van der Waals surface area contributed by atoms with Crippen molar-refractivity contribution >= 4 is 17.2 Å². The highest BCUT2D eigenvalue weighted by Gasteiger charge is 2.42. The van der Waals surface area contributed by atoms with Crippen LogP contribution in [0.15, 0.2) is 52.7 Å². The topological polar surface area (TPSA) is 124 Å². The van der Waals surface area contributed by atoms with Gasteiger partial charge in [0, 0.05) is 35.4 Å². The standard InChI is InChI=1S/C30H33N3O6/c1-5-8-19-12-24-29(26(34)13-19)28(23(16-31)18(3)32-24)21-14-25(33(35)36)30(27(15-21)38-6-2)39-17-20-9-7-10-22(11-20)37-4/h7,9-11,14-15,19,23,28H,5-6,8,12-13,17H2,1-4H3. The van der Waals surface area contributed by atoms with E-state index in [0.29, 0.717) is 41.1 Å². The van der Waals surface area contributed by atoms with E-state index in [4.69, 9.17) is 14.2 Å². The van der Waals surface area contributed by atoms with Crippen LogP contribution in [0.4, 0.5) is 5.69 Å². The van der Waals surface area contributed by atoms with Gasteiger partial charge in [0.05, 0.1) is 30.6 Å². The van der Waals surface area contributed by atoms with Gasteiger partial charge in [-0.3, -0.25) is 19.9 Å². The summed E-state index contributed by atoms with van der Waals surface area (Å²) in [6.07, 6.45) is 2.93. The fourth-order valence-electron chi connectivity index (χ4n) is 5.53. The molecule has 0 bridgehead atoms. The Kier molecular flexibility index (Phi) is 8.65. The average Bonchev–Trinajstić information content (AvgIpc) is 2.91. The van der Waals surface area contributed by atoms with Crippen LogP contribution in [0.1, 0.15) is 63.5 Å². The molecule has 9 heteroatoms. The van der Waals surface area contributed by atoms with Gasteiger partial charge < -0.3 is 14.2 Å². The molecule has 2 aliphatic rings. The number of Topliss-reactive ketones (excluding diaryl/α,β-unsaturated/α-hetero) is 1. The molecule has 1 aliphatic heterocycles. The van der Waals surface area contributed by atoms with Gasteiger partial charge in [-0.15, -0.1) is 0 Å². The molecule has 0 spiro atoms. The molecular formula is C30H33N3O6. The number of methoxy groups -OCH3 is 1. The van der Waals surface area contributed by atoms with Gasteiger partial charge in [-0.25, -0.2) is 0 Å². The third-order valence-corrected chi connectivity index (χ3v) is 7.24. The maximum Gasteiger partial charge on any atom is 0.315 e. The lowest BCUT2D eigenvalue weighted by molar-refractivity contribution is -0.386. The van der Waals surface area contributed by atoms with Crippen LogP contribution in [0.3, 0.4) is 0 Å². The highest BCUT2D eigenvalue weighted by Crippen LogP contribution is 2.48. The number of hydrogen-bond donors (Lipinski definition) is 0. The molecular weight excluding hydrogens is 498 g/mol. The summed E-state index contributed by atoms with van der Waals surface area (Å²) in [6.45, 7) is 5.94. The first kappa shape index (κ1) is 27.8. The molecule has 4 rings (SSSR count). The second-order valence-corrected chi connectivity index (χ2v) is 9.88. The first-order valence-electron chi connectivity index (χ1n) is 13.2. The van der Waals surface area contributed by atoms with E-state index in [-0.39, 0.29) is 42.1 Å². The highest BCUT2D eigenvalue weighted by atomic mass is 16.6. The molecule has 3 unspecified atom stereocenters. The second-order valence-electron chi connectivity index (χ2n) is 9.88. The van der Waals surface area contributed by atoms with Gasteiger partial charge in [-0.05, 0) is 61.9 Å². The van der Waals surface area contributed by atoms with E-state index < -0.39 is 16.8 Å². The van der Waals surface area contributed by atoms with Crippen LogP contribution >= 0.6 is 0 Å². The summed E-state index contributed by atoms with van der Waals surface area (Å²) in [7, 11) is 1.56. The second kappa shape index (κ2) is 12.1. The highest BCUT2D eigenvalue weighted by molar-refractivity contribution is 6.03. The predicted molar refractivity (Wildman–Crippen MR) is 146 cm³/mol. The zero-order chi connectivity index (χ0) is 28.1. The molecule has 0 saturated heterocycles. The van der Waals surface area contributed by atoms with Gasteiger partial charge >= 0.3 is 5.69 Å². The summed E-state index contributed by atoms with van der Waals surface area (Å²) >= 11 is 0. The predicted octanol–water partition coefficient (Wildman–Crippen LogP) is 6.31. The van der Waals surface area contributed by atoms with E-state index in [1.54, 1.807) is 39.2 Å². The number of nitro benzene ring substituents is 1. The Morgan fingerprint density at radius 3 is 2.64 bits per heavy atom. The van der Waals surface area contributed by atoms with Gasteiger partial charge in [0.15, 0.2) is 11.5 Å². The molecule has 0 radical (unpaired) electrons. The first-order chi connectivity index (χ1) is 18.8. The molecule has 2 aromatic carbocycles. The lowest BCUT2D eigenvalue weighted by Crippen LogP contribution is -2.32. The number of ketones is 1. The third-order valence-electron chi connectivity index (χ3n) is 7.24. The minimum atomic E-state index is -0.729. The van der Waals surface area contributed by atoms with Crippen LogP contribution in [-0.2, 0) is 11.4 Å². The molecule has 9 nitrogen and oxygen atoms in total. The fraction of sp³-hybridized carbons (Fsp3) is 0.433. The van der Waals surface area contributed by atoms with Gasteiger partial charge in [-0.2, -0.15) is 5.26 Å². The number of hydrogen-bond acceptors (Lipinski definition) is 8. The summed E-state index contributed by atoms with van der Waals surface area (Å²) < 4.78 is 17.1. The van der Waals surface area contributed by atoms with Crippen LogP contribution in [-0.4, -0.2) is 30.1 Å². The van der Waals surface area contributed by atoms with Crippen molar-refractivity contribution in [2.75, 3.05) is 13.7 Å². The number of aliphatic imine (C=N–C) groups is 1. The van der Waals surface area contributed by atoms with Crippen molar-refractivity contribution in [3.05, 3.63) is 68.9 Å². The van der Waals surface area contributed by atoms with Crippen LogP contribution in [0, 0.1) is 33.3 Å². The third kappa shape index (κ3) is 5.80. The molecule has 1 aliphatic carbocycles. The number of carbonyl (C=O) groups excluding carboxylic acids is 1. The van der Waals surface area contributed by atoms with Crippen molar-refractivity contribution in [2.45, 2.75) is 59.0 Å². The Hall–Kier alpha value is -4.19. The van der Waals surface area contributed by atoms with E-state index in [1.807, 2.05) is 12.1 Å². The van der Waals surface area contributed by atoms with Crippen molar-refractivity contribution in [1.29, 1.82) is 5.26 Å². The number of nitrogens with zero attached hydrogens (tertiary/aromatic N) is 3. The zero-order valence-electron chi connectivity index (χ0n) is 22.7. The van der Waals surface area contributed by atoms with Crippen molar-refractivity contribution < 1.29 is 23.9 Å². The van der Waals surface area contributed by atoms with Crippen molar-refractivity contribution in [2.24, 2.45) is 16.8 Å². The van der Waals surface area contributed by atoms with Crippen LogP contribution in [0.25, 0.3) is 0 Å². The normalized spacial score (nSPS) is 20.5. The average molecular weight is 532 g/mol. The van der Waals surface area contributed by atoms with E-state index in [1.165, 1.54) is 6.07 Å². The molecule has 1 heterocycles. The van der Waals surface area contributed by atoms with E-state index in [2.05, 4.69) is 18.0 Å². The lowest BCUT2D eigenvalue weighted by Gasteiger charge is -2.35. The van der Waals surface area contributed by atoms with Gasteiger partial charge in [0.2, 0.25) is 5.75 Å². The Morgan fingerprint density at radius 2 is 1.97 bits per heavy atom. The van der Waals surface area contributed by atoms with Crippen LogP contribution in [0.2, 0.25) is 0 Å². The lowest BCUT2D eigenvalue weighted by atomic mass is 9.70. The Balaban J connectivity index is 1.80. The van der Waals surface area contributed by atoms with E-state index in [9.17, 15) is 20.2 Å². The monoisotopic (exact) mass is 531 g/mol. The maximum atomic E-state index is 13.4. The van der Waals surface area contributed by atoms with Gasteiger partial charge in [-0.1, -0.05) is 25.5 Å². The molecule has 39 heavy (non-hydrogen) atoms. The number of nitriles is 1. The van der Waals surface area contributed by atoms with Gasteiger partial charge in [0.1, 0.15) is 12.4 Å². The SMILES string of the molecule is CCCC1CC(=O)C2=C(C1)N=C(C)C(C#N)C2c1cc(OCC)c(OCc2cccc(OC)c2)c([N+](=O)[O-])c1. The molecule has 204 valence electrons. The smallest absolute Gasteiger partial charge is 0.315 e. The quantitative estimate of drug-likeness (QED) is 0.260. The number of allylic oxidation sites excluding steroid dienone is 2. The summed E-state index contributed by atoms with van der Waals surface area (Å²) in [4.78, 5) is 29.9. The van der Waals surface area contributed by atoms with Crippen LogP contribution < -0.4 is 14.2 Å². The molecule has 0 N–H and O–H groups in total. The number of benzene rings is 2. The van der Waals surface area contributed by atoms with E-state index in [0.717, 1.165) is 18.4 Å². The van der Waals surface area contributed by atoms with Crippen LogP contribution in [0.5, 0.6) is 17.2 Å². The molecule has 0 aromatic heterocycles. The molecule has 0 amide bonds. The number of nitro groups is 1. The first-order valence-corrected chi connectivity index (χ1v) is 13.2. The summed E-state index contributed by atoms with van der Waals surface area (Å²) in [6, 6.07) is 12.6. The maximum absolute atomic E-state index is 13.4. The number of rotatable bonds is 10. The Morgan fingerprint density at radius 1 is 1.18 bits per heavy atom. The molecule has 0 fully saturated rings. The molecule has 2 aromatic rings. The Labute approximate surface area is 228 Å². The minimum absolute atomic E-state index is 0.00434. The summed E-state index contributed by atoms with van der Waals surface area (Å²) in [5, 5.41) is 22.4. The number of ether oxygens (including phenoxy) is 3. The van der Waals surface area contributed by atoms with Crippen molar-refractivity contribution in [3.63, 3.8) is 0 Å². The fourth-order valence-corrected chi connectivity index (χ4v) is 5.53. The molecule has 0 saturated carbocycles. The minimum Gasteiger partial charge on any atom is -0.497 e. The summed E-state index contributed by atoms with van der Waals surface area (Å²) in [5.41, 5.74) is 2.73. The Bertz CT molecular complexity index is 1370. The van der Waals surface area contributed by atoms with Gasteiger partial charge in [0.25, 0.3) is 0 Å². The summed E-state index contributed by atoms with van der Waals surface area (Å²) in [5.74, 6) is -0.416. The van der Waals surface area contributed by atoms with Crippen molar-refractivity contribution in [3.8, 4) is 23.3 Å². The zero-order valence-corrected chi connectivity index (χ0v) is 22.7. The van der Waals surface area contributed by atoms with E-state index >= 15 is 0 Å². The van der Waals surface area contributed by atoms with Crippen molar-refractivity contribution in [1.82, 2.24) is 0 Å².